The minimum absolute atomic E-state index is 0.196. The van der Waals surface area contributed by atoms with E-state index in [2.05, 4.69) is 19.2 Å². The third kappa shape index (κ3) is 3.97. The van der Waals surface area contributed by atoms with E-state index in [0.717, 1.165) is 66.9 Å². The van der Waals surface area contributed by atoms with Crippen LogP contribution in [0.5, 0.6) is 11.5 Å². The molecule has 0 spiro atoms. The summed E-state index contributed by atoms with van der Waals surface area (Å²) in [6.45, 7) is 4.46. The normalized spacial score (nSPS) is 14.8. The van der Waals surface area contributed by atoms with Gasteiger partial charge in [-0.05, 0) is 24.3 Å². The number of aromatic nitrogens is 3. The zero-order valence-electron chi connectivity index (χ0n) is 17.3. The summed E-state index contributed by atoms with van der Waals surface area (Å²) in [4.78, 5) is 14.0. The Morgan fingerprint density at radius 1 is 0.903 bits per heavy atom. The highest BCUT2D eigenvalue weighted by Gasteiger charge is 2.22. The second-order valence-corrected chi connectivity index (χ2v) is 7.55. The number of para-hydroxylation sites is 2. The molecule has 0 bridgehead atoms. The molecule has 7 nitrogen and oxygen atoms in total. The lowest BCUT2D eigenvalue weighted by Gasteiger charge is -2.35. The number of nitrogens with zero attached hydrogens (tertiary/aromatic N) is 5. The molecule has 0 atom stereocenters. The third-order valence-corrected chi connectivity index (χ3v) is 5.63. The Kier molecular flexibility index (Phi) is 5.52. The Morgan fingerprint density at radius 2 is 1.68 bits per heavy atom. The number of aliphatic hydroxyl groups is 1. The Hall–Kier alpha value is -3.42. The van der Waals surface area contributed by atoms with Crippen molar-refractivity contribution in [3.05, 3.63) is 73.2 Å². The summed E-state index contributed by atoms with van der Waals surface area (Å²) in [6.07, 6.45) is 5.68. The van der Waals surface area contributed by atoms with Crippen LogP contribution in [0.3, 0.4) is 0 Å². The van der Waals surface area contributed by atoms with E-state index >= 15 is 0 Å². The van der Waals surface area contributed by atoms with Gasteiger partial charge in [0.2, 0.25) is 0 Å². The van der Waals surface area contributed by atoms with Gasteiger partial charge in [-0.1, -0.05) is 30.3 Å². The Labute approximate surface area is 181 Å². The van der Waals surface area contributed by atoms with Crippen LogP contribution in [-0.4, -0.2) is 63.7 Å². The predicted molar refractivity (Wildman–Crippen MR) is 121 cm³/mol. The molecule has 1 N–H and O–H groups in total. The Balaban J connectivity index is 1.48. The Bertz CT molecular complexity index is 1150. The zero-order valence-corrected chi connectivity index (χ0v) is 17.3. The standard InChI is InChI=1S/C24H25N5O2/c30-17-16-27-12-14-28(15-13-27)23-24-25-10-11-29(24)21(18-26-23)20-8-4-5-9-22(20)31-19-6-2-1-3-7-19/h1-11,18,30H,12-17H2. The van der Waals surface area contributed by atoms with Gasteiger partial charge in [-0.25, -0.2) is 9.97 Å². The first-order valence-electron chi connectivity index (χ1n) is 10.6. The SMILES string of the molecule is OCCN1CCN(c2ncc(-c3ccccc3Oc3ccccc3)n3ccnc23)CC1. The number of piperazine rings is 1. The van der Waals surface area contributed by atoms with E-state index in [1.165, 1.54) is 0 Å². The van der Waals surface area contributed by atoms with Crippen LogP contribution >= 0.6 is 0 Å². The third-order valence-electron chi connectivity index (χ3n) is 5.63. The lowest BCUT2D eigenvalue weighted by molar-refractivity contribution is 0.188. The average molecular weight is 415 g/mol. The molecule has 1 aliphatic heterocycles. The predicted octanol–water partition coefficient (Wildman–Crippen LogP) is 3.30. The molecule has 7 heteroatoms. The van der Waals surface area contributed by atoms with Gasteiger partial charge in [0.05, 0.1) is 18.5 Å². The maximum atomic E-state index is 9.18. The number of anilines is 1. The molecule has 0 aliphatic carbocycles. The molecule has 2 aromatic heterocycles. The fourth-order valence-electron chi connectivity index (χ4n) is 4.04. The van der Waals surface area contributed by atoms with Gasteiger partial charge in [-0.3, -0.25) is 9.30 Å². The molecule has 4 aromatic rings. The first-order valence-corrected chi connectivity index (χ1v) is 10.6. The molecule has 1 saturated heterocycles. The van der Waals surface area contributed by atoms with Gasteiger partial charge in [0.25, 0.3) is 0 Å². The van der Waals surface area contributed by atoms with Crippen molar-refractivity contribution in [2.45, 2.75) is 0 Å². The molecule has 31 heavy (non-hydrogen) atoms. The summed E-state index contributed by atoms with van der Waals surface area (Å²) in [7, 11) is 0. The molecule has 5 rings (SSSR count). The highest BCUT2D eigenvalue weighted by molar-refractivity contribution is 5.74. The van der Waals surface area contributed by atoms with E-state index in [-0.39, 0.29) is 6.61 Å². The minimum atomic E-state index is 0.196. The number of aliphatic hydroxyl groups excluding tert-OH is 1. The number of imidazole rings is 1. The summed E-state index contributed by atoms with van der Waals surface area (Å²) in [6, 6.07) is 17.8. The lowest BCUT2D eigenvalue weighted by Crippen LogP contribution is -2.47. The van der Waals surface area contributed by atoms with E-state index < -0.39 is 0 Å². The van der Waals surface area contributed by atoms with E-state index in [1.54, 1.807) is 0 Å². The lowest BCUT2D eigenvalue weighted by atomic mass is 10.1. The molecule has 1 aliphatic rings. The summed E-state index contributed by atoms with van der Waals surface area (Å²) in [5.41, 5.74) is 2.73. The zero-order chi connectivity index (χ0) is 21.0. The summed E-state index contributed by atoms with van der Waals surface area (Å²) >= 11 is 0. The molecule has 0 unspecified atom stereocenters. The van der Waals surface area contributed by atoms with Crippen molar-refractivity contribution in [1.29, 1.82) is 0 Å². The smallest absolute Gasteiger partial charge is 0.180 e. The number of hydrogen-bond acceptors (Lipinski definition) is 6. The van der Waals surface area contributed by atoms with Crippen LogP contribution in [0.1, 0.15) is 0 Å². The highest BCUT2D eigenvalue weighted by Crippen LogP contribution is 2.34. The number of benzene rings is 2. The van der Waals surface area contributed by atoms with Crippen molar-refractivity contribution in [2.24, 2.45) is 0 Å². The van der Waals surface area contributed by atoms with E-state index in [4.69, 9.17) is 9.72 Å². The van der Waals surface area contributed by atoms with Crippen molar-refractivity contribution in [2.75, 3.05) is 44.2 Å². The van der Waals surface area contributed by atoms with Crippen molar-refractivity contribution in [3.63, 3.8) is 0 Å². The number of fused-ring (bicyclic) bond motifs is 1. The summed E-state index contributed by atoms with van der Waals surface area (Å²) < 4.78 is 8.25. The van der Waals surface area contributed by atoms with Crippen molar-refractivity contribution in [1.82, 2.24) is 19.3 Å². The highest BCUT2D eigenvalue weighted by atomic mass is 16.5. The molecule has 0 saturated carbocycles. The molecule has 0 radical (unpaired) electrons. The number of hydrogen-bond donors (Lipinski definition) is 1. The molecular formula is C24H25N5O2. The summed E-state index contributed by atoms with van der Waals surface area (Å²) in [5.74, 6) is 2.46. The van der Waals surface area contributed by atoms with Crippen LogP contribution in [-0.2, 0) is 0 Å². The van der Waals surface area contributed by atoms with Crippen LogP contribution in [0, 0.1) is 0 Å². The van der Waals surface area contributed by atoms with Crippen LogP contribution < -0.4 is 9.64 Å². The van der Waals surface area contributed by atoms with Crippen molar-refractivity contribution < 1.29 is 9.84 Å². The molecule has 3 heterocycles. The molecular weight excluding hydrogens is 390 g/mol. The molecule has 1 fully saturated rings. The van der Waals surface area contributed by atoms with Gasteiger partial charge < -0.3 is 14.7 Å². The maximum Gasteiger partial charge on any atom is 0.180 e. The van der Waals surface area contributed by atoms with Gasteiger partial charge in [0.1, 0.15) is 11.5 Å². The van der Waals surface area contributed by atoms with Gasteiger partial charge >= 0.3 is 0 Å². The fraction of sp³-hybridized carbons (Fsp3) is 0.250. The van der Waals surface area contributed by atoms with Crippen molar-refractivity contribution in [3.8, 4) is 22.8 Å². The largest absolute Gasteiger partial charge is 0.457 e. The molecule has 0 amide bonds. The first kappa shape index (κ1) is 19.5. The van der Waals surface area contributed by atoms with Crippen LogP contribution in [0.2, 0.25) is 0 Å². The van der Waals surface area contributed by atoms with Crippen LogP contribution in [0.4, 0.5) is 5.82 Å². The van der Waals surface area contributed by atoms with E-state index in [0.29, 0.717) is 0 Å². The van der Waals surface area contributed by atoms with Gasteiger partial charge in [0.15, 0.2) is 11.5 Å². The maximum absolute atomic E-state index is 9.18. The molecule has 2 aromatic carbocycles. The summed E-state index contributed by atoms with van der Waals surface area (Å²) in [5, 5.41) is 9.18. The van der Waals surface area contributed by atoms with Crippen LogP contribution in [0.15, 0.2) is 73.2 Å². The monoisotopic (exact) mass is 415 g/mol. The number of β-amino-alcohol motifs (C(OH)–C–C–N with tert-alkyl or cyclic N) is 1. The minimum Gasteiger partial charge on any atom is -0.457 e. The Morgan fingerprint density at radius 3 is 2.48 bits per heavy atom. The first-order chi connectivity index (χ1) is 15.3. The van der Waals surface area contributed by atoms with Crippen molar-refractivity contribution >= 4 is 11.5 Å². The average Bonchev–Trinajstić information content (AvgIpc) is 3.31. The van der Waals surface area contributed by atoms with Gasteiger partial charge in [-0.15, -0.1) is 0 Å². The second kappa shape index (κ2) is 8.75. The van der Waals surface area contributed by atoms with E-state index in [9.17, 15) is 5.11 Å². The van der Waals surface area contributed by atoms with E-state index in [1.807, 2.05) is 73.2 Å². The number of rotatable bonds is 6. The van der Waals surface area contributed by atoms with Gasteiger partial charge in [0, 0.05) is 50.7 Å². The number of ether oxygens (including phenoxy) is 1. The van der Waals surface area contributed by atoms with Crippen LogP contribution in [0.25, 0.3) is 16.9 Å². The quantitative estimate of drug-likeness (QED) is 0.521. The van der Waals surface area contributed by atoms with Gasteiger partial charge in [-0.2, -0.15) is 0 Å². The second-order valence-electron chi connectivity index (χ2n) is 7.55. The fourth-order valence-corrected chi connectivity index (χ4v) is 4.04. The molecule has 158 valence electrons. The topological polar surface area (TPSA) is 66.1 Å².